The monoisotopic (exact) mass is 228 g/mol. The molecule has 16 heavy (non-hydrogen) atoms. The maximum atomic E-state index is 11.3. The van der Waals surface area contributed by atoms with Crippen molar-refractivity contribution in [2.45, 2.75) is 51.2 Å². The SMILES string of the molecule is CCCCCC1(C2(C(=O)O)CC2)OCCO1. The molecule has 92 valence electrons. The van der Waals surface area contributed by atoms with Crippen LogP contribution in [-0.2, 0) is 14.3 Å². The van der Waals surface area contributed by atoms with E-state index in [9.17, 15) is 9.90 Å². The molecule has 1 saturated carbocycles. The molecule has 4 nitrogen and oxygen atoms in total. The lowest BCUT2D eigenvalue weighted by molar-refractivity contribution is -0.219. The van der Waals surface area contributed by atoms with Crippen molar-refractivity contribution in [2.24, 2.45) is 5.41 Å². The fourth-order valence-corrected chi connectivity index (χ4v) is 2.61. The van der Waals surface area contributed by atoms with Crippen LogP contribution in [0.2, 0.25) is 0 Å². The van der Waals surface area contributed by atoms with Gasteiger partial charge in [-0.2, -0.15) is 0 Å². The van der Waals surface area contributed by atoms with E-state index in [0.717, 1.165) is 19.3 Å². The third kappa shape index (κ3) is 1.74. The molecular weight excluding hydrogens is 208 g/mol. The van der Waals surface area contributed by atoms with E-state index in [1.54, 1.807) is 0 Å². The first-order chi connectivity index (χ1) is 7.67. The number of hydrogen-bond acceptors (Lipinski definition) is 3. The predicted molar refractivity (Wildman–Crippen MR) is 58.1 cm³/mol. The van der Waals surface area contributed by atoms with Crippen molar-refractivity contribution in [1.82, 2.24) is 0 Å². The van der Waals surface area contributed by atoms with Gasteiger partial charge in [0.15, 0.2) is 5.79 Å². The lowest BCUT2D eigenvalue weighted by atomic mass is 9.90. The Kier molecular flexibility index (Phi) is 3.22. The Morgan fingerprint density at radius 2 is 1.88 bits per heavy atom. The average molecular weight is 228 g/mol. The zero-order valence-corrected chi connectivity index (χ0v) is 9.83. The highest BCUT2D eigenvalue weighted by atomic mass is 16.7. The summed E-state index contributed by atoms with van der Waals surface area (Å²) in [5.74, 6) is -1.58. The van der Waals surface area contributed by atoms with Crippen LogP contribution in [0, 0.1) is 5.41 Å². The van der Waals surface area contributed by atoms with Crippen LogP contribution in [0.15, 0.2) is 0 Å². The van der Waals surface area contributed by atoms with Crippen LogP contribution in [0.1, 0.15) is 45.4 Å². The molecule has 0 spiro atoms. The van der Waals surface area contributed by atoms with Gasteiger partial charge >= 0.3 is 5.97 Å². The summed E-state index contributed by atoms with van der Waals surface area (Å²) < 4.78 is 11.3. The van der Waals surface area contributed by atoms with Gasteiger partial charge in [0.25, 0.3) is 0 Å². The number of ether oxygens (including phenoxy) is 2. The third-order valence-electron chi connectivity index (χ3n) is 3.75. The van der Waals surface area contributed by atoms with E-state index in [4.69, 9.17) is 9.47 Å². The van der Waals surface area contributed by atoms with Gasteiger partial charge in [0, 0.05) is 6.42 Å². The second kappa shape index (κ2) is 4.34. The first kappa shape index (κ1) is 11.9. The minimum absolute atomic E-state index is 0.529. The molecule has 0 radical (unpaired) electrons. The molecule has 0 bridgehead atoms. The van der Waals surface area contributed by atoms with Gasteiger partial charge in [0.05, 0.1) is 13.2 Å². The maximum absolute atomic E-state index is 11.3. The number of aliphatic carboxylic acids is 1. The van der Waals surface area contributed by atoms with E-state index in [0.29, 0.717) is 32.5 Å². The fourth-order valence-electron chi connectivity index (χ4n) is 2.61. The molecule has 4 heteroatoms. The Bertz CT molecular complexity index is 264. The molecule has 2 rings (SSSR count). The number of rotatable bonds is 6. The molecule has 0 amide bonds. The molecule has 1 N–H and O–H groups in total. The largest absolute Gasteiger partial charge is 0.481 e. The molecule has 0 atom stereocenters. The summed E-state index contributed by atoms with van der Waals surface area (Å²) in [4.78, 5) is 11.3. The van der Waals surface area contributed by atoms with Crippen LogP contribution in [0.5, 0.6) is 0 Å². The Balaban J connectivity index is 2.07. The van der Waals surface area contributed by atoms with Crippen LogP contribution in [0.4, 0.5) is 0 Å². The van der Waals surface area contributed by atoms with Crippen molar-refractivity contribution in [3.05, 3.63) is 0 Å². The summed E-state index contributed by atoms with van der Waals surface area (Å²) in [6.45, 7) is 3.19. The van der Waals surface area contributed by atoms with Crippen molar-refractivity contribution in [2.75, 3.05) is 13.2 Å². The fraction of sp³-hybridized carbons (Fsp3) is 0.917. The molecule has 2 aliphatic rings. The topological polar surface area (TPSA) is 55.8 Å². The summed E-state index contributed by atoms with van der Waals surface area (Å²) >= 11 is 0. The molecule has 0 aromatic carbocycles. The van der Waals surface area contributed by atoms with Crippen molar-refractivity contribution >= 4 is 5.97 Å². The summed E-state index contributed by atoms with van der Waals surface area (Å²) in [7, 11) is 0. The molecule has 0 aromatic heterocycles. The Labute approximate surface area is 95.9 Å². The summed E-state index contributed by atoms with van der Waals surface area (Å²) in [5, 5.41) is 9.33. The quantitative estimate of drug-likeness (QED) is 0.708. The smallest absolute Gasteiger partial charge is 0.315 e. The van der Waals surface area contributed by atoms with E-state index in [1.807, 2.05) is 0 Å². The summed E-state index contributed by atoms with van der Waals surface area (Å²) in [5.41, 5.74) is -0.753. The van der Waals surface area contributed by atoms with Crippen LogP contribution in [0.3, 0.4) is 0 Å². The highest BCUT2D eigenvalue weighted by Crippen LogP contribution is 2.59. The van der Waals surface area contributed by atoms with E-state index >= 15 is 0 Å². The molecule has 0 aromatic rings. The highest BCUT2D eigenvalue weighted by molar-refractivity contribution is 5.79. The molecule has 2 fully saturated rings. The Hall–Kier alpha value is -0.610. The van der Waals surface area contributed by atoms with Crippen molar-refractivity contribution in [3.63, 3.8) is 0 Å². The normalized spacial score (nSPS) is 25.6. The lowest BCUT2D eigenvalue weighted by Gasteiger charge is -2.33. The van der Waals surface area contributed by atoms with E-state index in [1.165, 1.54) is 0 Å². The number of unbranched alkanes of at least 4 members (excludes halogenated alkanes) is 2. The molecule has 1 aliphatic heterocycles. The van der Waals surface area contributed by atoms with Gasteiger partial charge in [0.1, 0.15) is 5.41 Å². The zero-order valence-electron chi connectivity index (χ0n) is 9.83. The first-order valence-electron chi connectivity index (χ1n) is 6.18. The van der Waals surface area contributed by atoms with Gasteiger partial charge in [-0.15, -0.1) is 0 Å². The van der Waals surface area contributed by atoms with Gasteiger partial charge in [-0.3, -0.25) is 4.79 Å². The van der Waals surface area contributed by atoms with Gasteiger partial charge in [-0.25, -0.2) is 0 Å². The standard InChI is InChI=1S/C12H20O4/c1-2-3-4-5-12(15-8-9-16-12)11(6-7-11)10(13)14/h2-9H2,1H3,(H,13,14). The lowest BCUT2D eigenvalue weighted by Crippen LogP contribution is -2.45. The summed E-state index contributed by atoms with van der Waals surface area (Å²) in [6.07, 6.45) is 5.29. The third-order valence-corrected chi connectivity index (χ3v) is 3.75. The van der Waals surface area contributed by atoms with Crippen molar-refractivity contribution < 1.29 is 19.4 Å². The van der Waals surface area contributed by atoms with E-state index in [-0.39, 0.29) is 0 Å². The predicted octanol–water partition coefficient (Wildman–Crippen LogP) is 2.17. The van der Waals surface area contributed by atoms with Crippen LogP contribution in [0.25, 0.3) is 0 Å². The molecule has 1 aliphatic carbocycles. The Morgan fingerprint density at radius 3 is 2.31 bits per heavy atom. The average Bonchev–Trinajstić information content (AvgIpc) is 2.96. The summed E-state index contributed by atoms with van der Waals surface area (Å²) in [6, 6.07) is 0. The number of carboxylic acid groups (broad SMARTS) is 1. The Morgan fingerprint density at radius 1 is 1.25 bits per heavy atom. The molecule has 0 unspecified atom stereocenters. The molecule has 1 heterocycles. The minimum atomic E-state index is -0.825. The number of hydrogen-bond donors (Lipinski definition) is 1. The number of carboxylic acids is 1. The second-order valence-corrected chi connectivity index (χ2v) is 4.79. The van der Waals surface area contributed by atoms with Crippen molar-refractivity contribution in [1.29, 1.82) is 0 Å². The van der Waals surface area contributed by atoms with Gasteiger partial charge in [-0.1, -0.05) is 19.8 Å². The van der Waals surface area contributed by atoms with E-state index < -0.39 is 17.2 Å². The van der Waals surface area contributed by atoms with Gasteiger partial charge < -0.3 is 14.6 Å². The highest BCUT2D eigenvalue weighted by Gasteiger charge is 2.68. The minimum Gasteiger partial charge on any atom is -0.481 e. The van der Waals surface area contributed by atoms with E-state index in [2.05, 4.69) is 6.92 Å². The van der Waals surface area contributed by atoms with Crippen LogP contribution < -0.4 is 0 Å². The van der Waals surface area contributed by atoms with Gasteiger partial charge in [0.2, 0.25) is 0 Å². The first-order valence-corrected chi connectivity index (χ1v) is 6.18. The second-order valence-electron chi connectivity index (χ2n) is 4.79. The van der Waals surface area contributed by atoms with Crippen LogP contribution >= 0.6 is 0 Å². The maximum Gasteiger partial charge on any atom is 0.315 e. The zero-order chi connectivity index (χ0) is 11.6. The van der Waals surface area contributed by atoms with Crippen molar-refractivity contribution in [3.8, 4) is 0 Å². The molecular formula is C12H20O4. The van der Waals surface area contributed by atoms with Crippen LogP contribution in [-0.4, -0.2) is 30.1 Å². The number of carbonyl (C=O) groups is 1. The molecule has 1 saturated heterocycles. The van der Waals surface area contributed by atoms with Gasteiger partial charge in [-0.05, 0) is 19.3 Å².